The van der Waals surface area contributed by atoms with E-state index in [4.69, 9.17) is 4.74 Å². The molecular formula is C23H27FN2O3. The molecule has 154 valence electrons. The molecule has 2 aromatic carbocycles. The number of ether oxygens (including phenoxy) is 1. The van der Waals surface area contributed by atoms with Crippen LogP contribution in [0.1, 0.15) is 42.1 Å². The number of carbonyl (C=O) groups excluding carboxylic acids is 2. The fourth-order valence-electron chi connectivity index (χ4n) is 3.51. The Labute approximate surface area is 171 Å². The first-order chi connectivity index (χ1) is 14.0. The number of rotatable bonds is 7. The van der Waals surface area contributed by atoms with Crippen molar-refractivity contribution < 1.29 is 18.7 Å². The number of carbonyl (C=O) groups is 2. The number of halogens is 1. The molecule has 0 radical (unpaired) electrons. The van der Waals surface area contributed by atoms with Gasteiger partial charge in [0.05, 0.1) is 0 Å². The molecule has 29 heavy (non-hydrogen) atoms. The number of amides is 2. The van der Waals surface area contributed by atoms with E-state index in [1.165, 1.54) is 12.1 Å². The summed E-state index contributed by atoms with van der Waals surface area (Å²) in [6.45, 7) is 3.33. The summed E-state index contributed by atoms with van der Waals surface area (Å²) in [6, 6.07) is 12.7. The van der Waals surface area contributed by atoms with E-state index in [9.17, 15) is 14.0 Å². The van der Waals surface area contributed by atoms with Crippen LogP contribution in [0.2, 0.25) is 0 Å². The summed E-state index contributed by atoms with van der Waals surface area (Å²) in [5, 5.41) is 0. The van der Waals surface area contributed by atoms with Crippen molar-refractivity contribution >= 4 is 11.8 Å². The van der Waals surface area contributed by atoms with Crippen molar-refractivity contribution in [1.29, 1.82) is 0 Å². The molecule has 1 saturated heterocycles. The predicted molar refractivity (Wildman–Crippen MR) is 109 cm³/mol. The molecule has 5 nitrogen and oxygen atoms in total. The number of unbranched alkanes of at least 4 members (excludes halogenated alkanes) is 1. The number of hydrogen-bond acceptors (Lipinski definition) is 3. The van der Waals surface area contributed by atoms with Crippen LogP contribution in [0, 0.1) is 5.82 Å². The van der Waals surface area contributed by atoms with Crippen LogP contribution >= 0.6 is 0 Å². The summed E-state index contributed by atoms with van der Waals surface area (Å²) in [5.74, 6) is 0.0545. The molecule has 0 aromatic heterocycles. The van der Waals surface area contributed by atoms with Gasteiger partial charge in [0.2, 0.25) is 5.91 Å². The minimum absolute atomic E-state index is 0.00319. The van der Waals surface area contributed by atoms with E-state index in [-0.39, 0.29) is 24.2 Å². The van der Waals surface area contributed by atoms with Gasteiger partial charge in [0.1, 0.15) is 24.2 Å². The molecule has 1 fully saturated rings. The molecule has 1 heterocycles. The first-order valence-electron chi connectivity index (χ1n) is 10.0. The highest BCUT2D eigenvalue weighted by Gasteiger charge is 2.35. The normalized spacial score (nSPS) is 16.8. The molecule has 0 spiro atoms. The van der Waals surface area contributed by atoms with Gasteiger partial charge in [-0.3, -0.25) is 9.59 Å². The SMILES string of the molecule is CCCCC1C(=O)N(C)CCN1C(=O)c1cccc(OCc2cccc(F)c2)c1. The van der Waals surface area contributed by atoms with Crippen LogP contribution < -0.4 is 4.74 Å². The number of nitrogens with zero attached hydrogens (tertiary/aromatic N) is 2. The van der Waals surface area contributed by atoms with Crippen LogP contribution in [0.5, 0.6) is 5.75 Å². The second-order valence-corrected chi connectivity index (χ2v) is 7.36. The zero-order valence-corrected chi connectivity index (χ0v) is 16.9. The Hall–Kier alpha value is -2.89. The van der Waals surface area contributed by atoms with Crippen LogP contribution in [0.25, 0.3) is 0 Å². The van der Waals surface area contributed by atoms with Gasteiger partial charge in [0.15, 0.2) is 0 Å². The van der Waals surface area contributed by atoms with Gasteiger partial charge in [0, 0.05) is 25.7 Å². The Kier molecular flexibility index (Phi) is 6.86. The zero-order valence-electron chi connectivity index (χ0n) is 16.9. The molecular weight excluding hydrogens is 371 g/mol. The van der Waals surface area contributed by atoms with Crippen molar-refractivity contribution in [2.45, 2.75) is 38.8 Å². The van der Waals surface area contributed by atoms with Gasteiger partial charge in [-0.2, -0.15) is 0 Å². The van der Waals surface area contributed by atoms with Gasteiger partial charge in [-0.1, -0.05) is 38.0 Å². The second-order valence-electron chi connectivity index (χ2n) is 7.36. The highest BCUT2D eigenvalue weighted by molar-refractivity contribution is 5.98. The van der Waals surface area contributed by atoms with E-state index >= 15 is 0 Å². The lowest BCUT2D eigenvalue weighted by molar-refractivity contribution is -0.138. The Morgan fingerprint density at radius 1 is 1.17 bits per heavy atom. The highest BCUT2D eigenvalue weighted by Crippen LogP contribution is 2.22. The summed E-state index contributed by atoms with van der Waals surface area (Å²) >= 11 is 0. The predicted octanol–water partition coefficient (Wildman–Crippen LogP) is 3.88. The van der Waals surface area contributed by atoms with Crippen LogP contribution in [0.15, 0.2) is 48.5 Å². The van der Waals surface area contributed by atoms with Crippen molar-refractivity contribution in [2.75, 3.05) is 20.1 Å². The Balaban J connectivity index is 1.72. The summed E-state index contributed by atoms with van der Waals surface area (Å²) in [6.07, 6.45) is 2.53. The largest absolute Gasteiger partial charge is 0.489 e. The lowest BCUT2D eigenvalue weighted by Gasteiger charge is -2.39. The van der Waals surface area contributed by atoms with E-state index in [1.54, 1.807) is 53.2 Å². The fourth-order valence-corrected chi connectivity index (χ4v) is 3.51. The average Bonchev–Trinajstić information content (AvgIpc) is 2.73. The molecule has 1 aliphatic rings. The maximum atomic E-state index is 13.3. The Morgan fingerprint density at radius 3 is 2.72 bits per heavy atom. The first-order valence-corrected chi connectivity index (χ1v) is 10.0. The van der Waals surface area contributed by atoms with E-state index in [1.807, 2.05) is 0 Å². The quantitative estimate of drug-likeness (QED) is 0.711. The van der Waals surface area contributed by atoms with Gasteiger partial charge in [0.25, 0.3) is 5.91 Å². The van der Waals surface area contributed by atoms with E-state index in [0.29, 0.717) is 36.4 Å². The number of hydrogen-bond donors (Lipinski definition) is 0. The average molecular weight is 398 g/mol. The summed E-state index contributed by atoms with van der Waals surface area (Å²) < 4.78 is 19.1. The van der Waals surface area contributed by atoms with Crippen LogP contribution in [0.4, 0.5) is 4.39 Å². The molecule has 6 heteroatoms. The number of likely N-dealkylation sites (N-methyl/N-ethyl adjacent to an activating group) is 1. The third-order valence-corrected chi connectivity index (χ3v) is 5.18. The van der Waals surface area contributed by atoms with Gasteiger partial charge in [-0.05, 0) is 42.3 Å². The molecule has 1 unspecified atom stereocenters. The molecule has 1 aliphatic heterocycles. The molecule has 0 aliphatic carbocycles. The Morgan fingerprint density at radius 2 is 1.97 bits per heavy atom. The standard InChI is InChI=1S/C23H27FN2O3/c1-3-4-11-21-23(28)25(2)12-13-26(21)22(27)18-8-6-10-20(15-18)29-16-17-7-5-9-19(24)14-17/h5-10,14-15,21H,3-4,11-13,16H2,1-2H3. The number of benzene rings is 2. The topological polar surface area (TPSA) is 49.9 Å². The maximum absolute atomic E-state index is 13.3. The van der Waals surface area contributed by atoms with Gasteiger partial charge >= 0.3 is 0 Å². The van der Waals surface area contributed by atoms with E-state index in [0.717, 1.165) is 12.8 Å². The summed E-state index contributed by atoms with van der Waals surface area (Å²) in [7, 11) is 1.78. The minimum Gasteiger partial charge on any atom is -0.489 e. The molecule has 2 amide bonds. The molecule has 2 aromatic rings. The van der Waals surface area contributed by atoms with Crippen LogP contribution in [-0.4, -0.2) is 47.8 Å². The molecule has 0 saturated carbocycles. The second kappa shape index (κ2) is 9.54. The third-order valence-electron chi connectivity index (χ3n) is 5.18. The van der Waals surface area contributed by atoms with Crippen molar-refractivity contribution in [3.8, 4) is 5.75 Å². The lowest BCUT2D eigenvalue weighted by Crippen LogP contribution is -2.57. The monoisotopic (exact) mass is 398 g/mol. The molecule has 3 rings (SSSR count). The van der Waals surface area contributed by atoms with Gasteiger partial charge < -0.3 is 14.5 Å². The highest BCUT2D eigenvalue weighted by atomic mass is 19.1. The van der Waals surface area contributed by atoms with Gasteiger partial charge in [-0.15, -0.1) is 0 Å². The number of piperazine rings is 1. The van der Waals surface area contributed by atoms with Crippen LogP contribution in [0.3, 0.4) is 0 Å². The molecule has 0 N–H and O–H groups in total. The van der Waals surface area contributed by atoms with Gasteiger partial charge in [-0.25, -0.2) is 4.39 Å². The van der Waals surface area contributed by atoms with Crippen molar-refractivity contribution in [1.82, 2.24) is 9.80 Å². The third kappa shape index (κ3) is 5.13. The minimum atomic E-state index is -0.418. The lowest BCUT2D eigenvalue weighted by atomic mass is 10.0. The first kappa shape index (κ1) is 20.8. The zero-order chi connectivity index (χ0) is 20.8. The van der Waals surface area contributed by atoms with E-state index < -0.39 is 6.04 Å². The smallest absolute Gasteiger partial charge is 0.254 e. The molecule has 1 atom stereocenters. The fraction of sp³-hybridized carbons (Fsp3) is 0.391. The summed E-state index contributed by atoms with van der Waals surface area (Å²) in [4.78, 5) is 29.1. The van der Waals surface area contributed by atoms with Crippen molar-refractivity contribution in [2.24, 2.45) is 0 Å². The van der Waals surface area contributed by atoms with Crippen molar-refractivity contribution in [3.05, 3.63) is 65.5 Å². The molecule has 0 bridgehead atoms. The maximum Gasteiger partial charge on any atom is 0.254 e. The van der Waals surface area contributed by atoms with Crippen molar-refractivity contribution in [3.63, 3.8) is 0 Å². The van der Waals surface area contributed by atoms with Crippen LogP contribution in [-0.2, 0) is 11.4 Å². The Bertz CT molecular complexity index is 871. The summed E-state index contributed by atoms with van der Waals surface area (Å²) in [5.41, 5.74) is 1.20. The van der Waals surface area contributed by atoms with E-state index in [2.05, 4.69) is 6.92 Å².